The maximum atomic E-state index is 12.0. The number of nitrogens with zero attached hydrogens (tertiary/aromatic N) is 1. The van der Waals surface area contributed by atoms with E-state index in [1.807, 2.05) is 4.90 Å². The number of amides is 1. The van der Waals surface area contributed by atoms with Gasteiger partial charge in [-0.3, -0.25) is 9.69 Å². The van der Waals surface area contributed by atoms with Gasteiger partial charge in [0, 0.05) is 24.8 Å². The maximum absolute atomic E-state index is 12.0. The van der Waals surface area contributed by atoms with Gasteiger partial charge in [0.15, 0.2) is 11.5 Å². The Balaban J connectivity index is 1.57. The lowest BCUT2D eigenvalue weighted by atomic mass is 10.1. The van der Waals surface area contributed by atoms with Gasteiger partial charge >= 0.3 is 0 Å². The van der Waals surface area contributed by atoms with Gasteiger partial charge in [-0.15, -0.1) is 0 Å². The predicted molar refractivity (Wildman–Crippen MR) is 72.9 cm³/mol. The molecule has 0 bridgehead atoms. The minimum atomic E-state index is -0.682. The molecular formula is C14H18N2O4. The van der Waals surface area contributed by atoms with Crippen LogP contribution in [0, 0.1) is 0 Å². The quantitative estimate of drug-likeness (QED) is 0.856. The minimum Gasteiger partial charge on any atom is -0.454 e. The number of aliphatic hydroxyl groups is 1. The highest BCUT2D eigenvalue weighted by Gasteiger charge is 2.32. The molecule has 6 heteroatoms. The summed E-state index contributed by atoms with van der Waals surface area (Å²) in [5.41, 5.74) is 0.00386. The van der Waals surface area contributed by atoms with E-state index in [2.05, 4.69) is 5.32 Å². The van der Waals surface area contributed by atoms with Crippen LogP contribution in [0.4, 0.5) is 5.69 Å². The highest BCUT2D eigenvalue weighted by Crippen LogP contribution is 2.34. The fourth-order valence-electron chi connectivity index (χ4n) is 2.55. The van der Waals surface area contributed by atoms with Crippen molar-refractivity contribution >= 4 is 11.6 Å². The Labute approximate surface area is 117 Å². The van der Waals surface area contributed by atoms with Gasteiger partial charge in [0.25, 0.3) is 0 Å². The summed E-state index contributed by atoms with van der Waals surface area (Å²) in [5.74, 6) is 1.24. The zero-order valence-electron chi connectivity index (χ0n) is 11.4. The van der Waals surface area contributed by atoms with E-state index in [9.17, 15) is 9.90 Å². The molecule has 0 aliphatic carbocycles. The Hall–Kier alpha value is -1.79. The van der Waals surface area contributed by atoms with E-state index in [-0.39, 0.29) is 19.2 Å². The van der Waals surface area contributed by atoms with Crippen molar-refractivity contribution in [1.29, 1.82) is 0 Å². The molecule has 2 aliphatic rings. The van der Waals surface area contributed by atoms with Crippen LogP contribution in [0.1, 0.15) is 13.3 Å². The third-order valence-electron chi connectivity index (χ3n) is 3.55. The van der Waals surface area contributed by atoms with E-state index in [0.29, 0.717) is 30.2 Å². The van der Waals surface area contributed by atoms with Crippen LogP contribution < -0.4 is 14.8 Å². The molecule has 1 saturated heterocycles. The van der Waals surface area contributed by atoms with Crippen molar-refractivity contribution < 1.29 is 19.4 Å². The van der Waals surface area contributed by atoms with Crippen LogP contribution >= 0.6 is 0 Å². The largest absolute Gasteiger partial charge is 0.454 e. The van der Waals surface area contributed by atoms with Crippen LogP contribution in [0.2, 0.25) is 0 Å². The normalized spacial score (nSPS) is 24.9. The van der Waals surface area contributed by atoms with Crippen molar-refractivity contribution in [2.24, 2.45) is 0 Å². The van der Waals surface area contributed by atoms with Gasteiger partial charge < -0.3 is 19.9 Å². The summed E-state index contributed by atoms with van der Waals surface area (Å²) in [5, 5.41) is 12.7. The Bertz CT molecular complexity index is 530. The Morgan fingerprint density at radius 3 is 3.00 bits per heavy atom. The Morgan fingerprint density at radius 1 is 1.45 bits per heavy atom. The Kier molecular flexibility index (Phi) is 3.27. The minimum absolute atomic E-state index is 0.0958. The third kappa shape index (κ3) is 2.86. The van der Waals surface area contributed by atoms with Crippen molar-refractivity contribution in [2.45, 2.75) is 18.9 Å². The molecule has 1 amide bonds. The lowest BCUT2D eigenvalue weighted by Gasteiger charge is -2.18. The molecule has 1 unspecified atom stereocenters. The number of hydrogen-bond donors (Lipinski definition) is 2. The molecule has 0 aromatic heterocycles. The molecule has 1 aromatic carbocycles. The van der Waals surface area contributed by atoms with E-state index in [0.717, 1.165) is 6.54 Å². The number of anilines is 1. The summed E-state index contributed by atoms with van der Waals surface area (Å²) >= 11 is 0. The van der Waals surface area contributed by atoms with Gasteiger partial charge in [-0.1, -0.05) is 0 Å². The average molecular weight is 278 g/mol. The lowest BCUT2D eigenvalue weighted by Crippen LogP contribution is -2.35. The first-order chi connectivity index (χ1) is 9.52. The first-order valence-electron chi connectivity index (χ1n) is 6.66. The highest BCUT2D eigenvalue weighted by atomic mass is 16.7. The van der Waals surface area contributed by atoms with Crippen LogP contribution in [0.25, 0.3) is 0 Å². The molecule has 1 atom stereocenters. The second-order valence-corrected chi connectivity index (χ2v) is 5.57. The first kappa shape index (κ1) is 13.2. The number of ether oxygens (including phenoxy) is 2. The van der Waals surface area contributed by atoms with E-state index in [4.69, 9.17) is 9.47 Å². The molecule has 1 fully saturated rings. The number of β-amino-alcohol motifs (C(OH)–C–C–N with tert-alkyl or cyclic N) is 1. The molecule has 108 valence electrons. The molecule has 3 rings (SSSR count). The van der Waals surface area contributed by atoms with Crippen LogP contribution in [0.15, 0.2) is 18.2 Å². The smallest absolute Gasteiger partial charge is 0.238 e. The van der Waals surface area contributed by atoms with E-state index >= 15 is 0 Å². The molecular weight excluding hydrogens is 260 g/mol. The number of hydrogen-bond acceptors (Lipinski definition) is 5. The number of carbonyl (C=O) groups is 1. The van der Waals surface area contributed by atoms with Crippen molar-refractivity contribution in [3.63, 3.8) is 0 Å². The number of nitrogens with one attached hydrogen (secondary N) is 1. The van der Waals surface area contributed by atoms with E-state index in [1.54, 1.807) is 25.1 Å². The number of rotatable bonds is 3. The standard InChI is InChI=1S/C14H18N2O4/c1-14(18)4-5-16(8-14)7-13(17)15-10-2-3-11-12(6-10)20-9-19-11/h2-3,6,18H,4-5,7-9H2,1H3,(H,15,17). The zero-order chi connectivity index (χ0) is 14.2. The van der Waals surface area contributed by atoms with E-state index < -0.39 is 5.60 Å². The van der Waals surface area contributed by atoms with Crippen LogP contribution in [0.3, 0.4) is 0 Å². The molecule has 20 heavy (non-hydrogen) atoms. The second-order valence-electron chi connectivity index (χ2n) is 5.57. The van der Waals surface area contributed by atoms with Gasteiger partial charge in [0.1, 0.15) is 0 Å². The molecule has 2 aliphatic heterocycles. The SMILES string of the molecule is CC1(O)CCN(CC(=O)Nc2ccc3c(c2)OCO3)C1. The molecule has 2 heterocycles. The molecule has 0 radical (unpaired) electrons. The maximum Gasteiger partial charge on any atom is 0.238 e. The monoisotopic (exact) mass is 278 g/mol. The van der Waals surface area contributed by atoms with Crippen molar-refractivity contribution in [3.05, 3.63) is 18.2 Å². The topological polar surface area (TPSA) is 71.0 Å². The molecule has 0 saturated carbocycles. The number of benzene rings is 1. The van der Waals surface area contributed by atoms with Gasteiger partial charge in [0.05, 0.1) is 12.1 Å². The number of fused-ring (bicyclic) bond motifs is 1. The fourth-order valence-corrected chi connectivity index (χ4v) is 2.55. The van der Waals surface area contributed by atoms with Crippen LogP contribution in [0.5, 0.6) is 11.5 Å². The summed E-state index contributed by atoms with van der Waals surface area (Å²) in [7, 11) is 0. The Morgan fingerprint density at radius 2 is 2.25 bits per heavy atom. The van der Waals surface area contributed by atoms with Gasteiger partial charge in [0.2, 0.25) is 12.7 Å². The zero-order valence-corrected chi connectivity index (χ0v) is 11.4. The first-order valence-corrected chi connectivity index (χ1v) is 6.66. The summed E-state index contributed by atoms with van der Waals surface area (Å²) in [4.78, 5) is 13.9. The fraction of sp³-hybridized carbons (Fsp3) is 0.500. The molecule has 6 nitrogen and oxygen atoms in total. The second kappa shape index (κ2) is 4.96. The molecule has 0 spiro atoms. The third-order valence-corrected chi connectivity index (χ3v) is 3.55. The molecule has 2 N–H and O–H groups in total. The number of carbonyl (C=O) groups excluding carboxylic acids is 1. The van der Waals surface area contributed by atoms with Crippen molar-refractivity contribution in [1.82, 2.24) is 4.90 Å². The molecule has 1 aromatic rings. The lowest BCUT2D eigenvalue weighted by molar-refractivity contribution is -0.117. The highest BCUT2D eigenvalue weighted by molar-refractivity contribution is 5.92. The number of likely N-dealkylation sites (tertiary alicyclic amines) is 1. The van der Waals surface area contributed by atoms with Gasteiger partial charge in [-0.05, 0) is 25.5 Å². The summed E-state index contributed by atoms with van der Waals surface area (Å²) in [6.45, 7) is 3.56. The predicted octanol–water partition coefficient (Wildman–Crippen LogP) is 0.810. The average Bonchev–Trinajstić information content (AvgIpc) is 2.95. The van der Waals surface area contributed by atoms with E-state index in [1.165, 1.54) is 0 Å². The van der Waals surface area contributed by atoms with Crippen LogP contribution in [-0.4, -0.2) is 47.9 Å². The van der Waals surface area contributed by atoms with Crippen molar-refractivity contribution in [2.75, 3.05) is 31.7 Å². The van der Waals surface area contributed by atoms with Gasteiger partial charge in [-0.25, -0.2) is 0 Å². The van der Waals surface area contributed by atoms with Gasteiger partial charge in [-0.2, -0.15) is 0 Å². The summed E-state index contributed by atoms with van der Waals surface area (Å²) < 4.78 is 10.5. The summed E-state index contributed by atoms with van der Waals surface area (Å²) in [6.07, 6.45) is 0.699. The van der Waals surface area contributed by atoms with Crippen LogP contribution in [-0.2, 0) is 4.79 Å². The summed E-state index contributed by atoms with van der Waals surface area (Å²) in [6, 6.07) is 5.31. The van der Waals surface area contributed by atoms with Crippen molar-refractivity contribution in [3.8, 4) is 11.5 Å².